The zero-order valence-electron chi connectivity index (χ0n) is 10.4. The number of nitrogens with zero attached hydrogens (tertiary/aromatic N) is 2. The van der Waals surface area contributed by atoms with Gasteiger partial charge in [0, 0.05) is 18.7 Å². The van der Waals surface area contributed by atoms with Crippen molar-refractivity contribution in [3.8, 4) is 11.4 Å². The maximum atomic E-state index is 5.56. The fourth-order valence-electron chi connectivity index (χ4n) is 2.04. The molecule has 1 fully saturated rings. The number of aromatic nitrogens is 2. The Balaban J connectivity index is 0.00000133. The molecular weight excluding hydrogens is 266 g/mol. The molecule has 19 heavy (non-hydrogen) atoms. The average Bonchev–Trinajstić information content (AvgIpc) is 3.09. The van der Waals surface area contributed by atoms with Crippen LogP contribution in [-0.2, 0) is 11.3 Å². The number of benzene rings is 1. The van der Waals surface area contributed by atoms with Gasteiger partial charge in [-0.15, -0.1) is 12.4 Å². The van der Waals surface area contributed by atoms with Crippen LogP contribution in [0.4, 0.5) is 0 Å². The summed E-state index contributed by atoms with van der Waals surface area (Å²) in [5.41, 5.74) is 7.60. The Bertz CT molecular complexity index is 521. The lowest BCUT2D eigenvalue weighted by molar-refractivity contribution is 0.189. The highest BCUT2D eigenvalue weighted by molar-refractivity contribution is 5.85. The first-order chi connectivity index (χ1) is 8.86. The van der Waals surface area contributed by atoms with Crippen LogP contribution < -0.4 is 5.73 Å². The summed E-state index contributed by atoms with van der Waals surface area (Å²) in [5, 5.41) is 4.01. The maximum Gasteiger partial charge on any atom is 0.232 e. The monoisotopic (exact) mass is 281 g/mol. The van der Waals surface area contributed by atoms with Crippen molar-refractivity contribution in [1.82, 2.24) is 10.1 Å². The summed E-state index contributed by atoms with van der Waals surface area (Å²) in [7, 11) is 0. The Morgan fingerprint density at radius 2 is 2.05 bits per heavy atom. The molecule has 0 radical (unpaired) electrons. The highest BCUT2D eigenvalue weighted by Gasteiger charge is 2.23. The number of rotatable bonds is 3. The smallest absolute Gasteiger partial charge is 0.232 e. The van der Waals surface area contributed by atoms with Crippen LogP contribution >= 0.6 is 12.4 Å². The van der Waals surface area contributed by atoms with E-state index in [2.05, 4.69) is 10.1 Å². The van der Waals surface area contributed by atoms with Crippen LogP contribution in [0.1, 0.15) is 23.8 Å². The van der Waals surface area contributed by atoms with E-state index >= 15 is 0 Å². The second kappa shape index (κ2) is 6.14. The number of halogens is 1. The van der Waals surface area contributed by atoms with E-state index in [0.29, 0.717) is 24.9 Å². The number of ether oxygens (including phenoxy) is 1. The van der Waals surface area contributed by atoms with Crippen molar-refractivity contribution >= 4 is 12.4 Å². The molecule has 0 saturated carbocycles. The van der Waals surface area contributed by atoms with Gasteiger partial charge in [-0.25, -0.2) is 0 Å². The van der Waals surface area contributed by atoms with Gasteiger partial charge in [-0.1, -0.05) is 29.4 Å². The molecule has 0 aliphatic carbocycles. The molecule has 1 aliphatic rings. The van der Waals surface area contributed by atoms with E-state index in [0.717, 1.165) is 24.2 Å². The molecule has 1 atom stereocenters. The number of hydrogen-bond acceptors (Lipinski definition) is 5. The van der Waals surface area contributed by atoms with Crippen LogP contribution in [-0.4, -0.2) is 23.4 Å². The summed E-state index contributed by atoms with van der Waals surface area (Å²) in [6.07, 6.45) is 0.952. The van der Waals surface area contributed by atoms with E-state index in [1.54, 1.807) is 0 Å². The molecule has 0 amide bonds. The summed E-state index contributed by atoms with van der Waals surface area (Å²) in [4.78, 5) is 4.43. The Hall–Kier alpha value is -1.43. The minimum Gasteiger partial charge on any atom is -0.381 e. The third kappa shape index (κ3) is 2.94. The minimum atomic E-state index is 0. The van der Waals surface area contributed by atoms with Crippen LogP contribution in [0.25, 0.3) is 11.4 Å². The fourth-order valence-corrected chi connectivity index (χ4v) is 2.04. The third-order valence-electron chi connectivity index (χ3n) is 3.17. The molecule has 6 heteroatoms. The van der Waals surface area contributed by atoms with Crippen LogP contribution in [0, 0.1) is 0 Å². The lowest BCUT2D eigenvalue weighted by Gasteiger charge is -1.98. The van der Waals surface area contributed by atoms with Gasteiger partial charge >= 0.3 is 0 Å². The maximum absolute atomic E-state index is 5.56. The molecule has 1 aliphatic heterocycles. The second-order valence-corrected chi connectivity index (χ2v) is 4.42. The zero-order valence-corrected chi connectivity index (χ0v) is 11.2. The molecule has 1 aromatic carbocycles. The highest BCUT2D eigenvalue weighted by atomic mass is 35.5. The van der Waals surface area contributed by atoms with Crippen molar-refractivity contribution in [1.29, 1.82) is 0 Å². The largest absolute Gasteiger partial charge is 0.381 e. The molecule has 2 heterocycles. The van der Waals surface area contributed by atoms with Crippen LogP contribution in [0.15, 0.2) is 28.8 Å². The first-order valence-corrected chi connectivity index (χ1v) is 6.07. The SMILES string of the molecule is Cl.NCc1ccc(-c2noc(C3CCOC3)n2)cc1. The molecule has 0 spiro atoms. The van der Waals surface area contributed by atoms with Crippen LogP contribution in [0.5, 0.6) is 0 Å². The van der Waals surface area contributed by atoms with Gasteiger partial charge in [0.05, 0.1) is 12.5 Å². The quantitative estimate of drug-likeness (QED) is 0.933. The molecule has 5 nitrogen and oxygen atoms in total. The van der Waals surface area contributed by atoms with Crippen LogP contribution in [0.2, 0.25) is 0 Å². The van der Waals surface area contributed by atoms with Gasteiger partial charge in [0.15, 0.2) is 0 Å². The standard InChI is InChI=1S/C13H15N3O2.ClH/c14-7-9-1-3-10(4-2-9)12-15-13(18-16-12)11-5-6-17-8-11;/h1-4,11H,5-8,14H2;1H. The summed E-state index contributed by atoms with van der Waals surface area (Å²) < 4.78 is 10.6. The van der Waals surface area contributed by atoms with Crippen molar-refractivity contribution in [2.75, 3.05) is 13.2 Å². The Kier molecular flexibility index (Phi) is 4.52. The van der Waals surface area contributed by atoms with Gasteiger partial charge in [-0.3, -0.25) is 0 Å². The lowest BCUT2D eigenvalue weighted by Crippen LogP contribution is -1.97. The van der Waals surface area contributed by atoms with E-state index in [1.165, 1.54) is 0 Å². The lowest BCUT2D eigenvalue weighted by atomic mass is 10.1. The fraction of sp³-hybridized carbons (Fsp3) is 0.385. The number of nitrogens with two attached hydrogens (primary N) is 1. The van der Waals surface area contributed by atoms with Crippen molar-refractivity contribution < 1.29 is 9.26 Å². The molecule has 3 rings (SSSR count). The summed E-state index contributed by atoms with van der Waals surface area (Å²) >= 11 is 0. The van der Waals surface area contributed by atoms with Gasteiger partial charge in [-0.2, -0.15) is 4.98 Å². The first kappa shape index (κ1) is 14.0. The Labute approximate surface area is 117 Å². The summed E-state index contributed by atoms with van der Waals surface area (Å²) in [6.45, 7) is 1.98. The van der Waals surface area contributed by atoms with Gasteiger partial charge in [-0.05, 0) is 12.0 Å². The summed E-state index contributed by atoms with van der Waals surface area (Å²) in [5.74, 6) is 1.54. The predicted molar refractivity (Wildman–Crippen MR) is 73.1 cm³/mol. The molecule has 2 aromatic rings. The average molecular weight is 282 g/mol. The second-order valence-electron chi connectivity index (χ2n) is 4.42. The Morgan fingerprint density at radius 3 is 2.68 bits per heavy atom. The van der Waals surface area contributed by atoms with E-state index in [9.17, 15) is 0 Å². The zero-order chi connectivity index (χ0) is 12.4. The molecule has 2 N–H and O–H groups in total. The molecule has 0 bridgehead atoms. The van der Waals surface area contributed by atoms with E-state index in [4.69, 9.17) is 15.0 Å². The normalized spacial score (nSPS) is 18.3. The van der Waals surface area contributed by atoms with Crippen molar-refractivity contribution in [2.24, 2.45) is 5.73 Å². The first-order valence-electron chi connectivity index (χ1n) is 6.07. The highest BCUT2D eigenvalue weighted by Crippen LogP contribution is 2.25. The van der Waals surface area contributed by atoms with E-state index in [1.807, 2.05) is 24.3 Å². The van der Waals surface area contributed by atoms with E-state index in [-0.39, 0.29) is 18.3 Å². The van der Waals surface area contributed by atoms with Gasteiger partial charge in [0.25, 0.3) is 0 Å². The minimum absolute atomic E-state index is 0. The van der Waals surface area contributed by atoms with Gasteiger partial charge in [0.2, 0.25) is 11.7 Å². The van der Waals surface area contributed by atoms with Crippen molar-refractivity contribution in [3.63, 3.8) is 0 Å². The molecule has 102 valence electrons. The van der Waals surface area contributed by atoms with Crippen molar-refractivity contribution in [3.05, 3.63) is 35.7 Å². The molecule has 1 aromatic heterocycles. The Morgan fingerprint density at radius 1 is 1.26 bits per heavy atom. The van der Waals surface area contributed by atoms with Gasteiger partial charge in [0.1, 0.15) is 0 Å². The number of hydrogen-bond donors (Lipinski definition) is 1. The molecule has 1 saturated heterocycles. The van der Waals surface area contributed by atoms with E-state index < -0.39 is 0 Å². The van der Waals surface area contributed by atoms with Gasteiger partial charge < -0.3 is 15.0 Å². The third-order valence-corrected chi connectivity index (χ3v) is 3.17. The summed E-state index contributed by atoms with van der Waals surface area (Å²) in [6, 6.07) is 7.87. The molecular formula is C13H16ClN3O2. The van der Waals surface area contributed by atoms with Crippen molar-refractivity contribution in [2.45, 2.75) is 18.9 Å². The molecule has 1 unspecified atom stereocenters. The van der Waals surface area contributed by atoms with Crippen LogP contribution in [0.3, 0.4) is 0 Å². The topological polar surface area (TPSA) is 74.2 Å². The predicted octanol–water partition coefficient (Wildman–Crippen LogP) is 2.12.